The van der Waals surface area contributed by atoms with E-state index in [0.717, 1.165) is 17.7 Å². The molecule has 0 amide bonds. The van der Waals surface area contributed by atoms with E-state index in [1.807, 2.05) is 12.1 Å². The van der Waals surface area contributed by atoms with Gasteiger partial charge >= 0.3 is 0 Å². The molecule has 0 atom stereocenters. The molecule has 0 spiro atoms. The zero-order valence-electron chi connectivity index (χ0n) is 9.58. The minimum Gasteiger partial charge on any atom is -0.494 e. The van der Waals surface area contributed by atoms with Gasteiger partial charge in [-0.2, -0.15) is 0 Å². The number of rotatable bonds is 4. The quantitative estimate of drug-likeness (QED) is 0.851. The van der Waals surface area contributed by atoms with E-state index in [9.17, 15) is 4.39 Å². The first-order valence-electron chi connectivity index (χ1n) is 5.82. The number of hydrogen-bond acceptors (Lipinski definition) is 2. The molecule has 1 saturated carbocycles. The normalized spacial score (nSPS) is 28.6. The molecule has 2 nitrogen and oxygen atoms in total. The number of halogens is 1. The summed E-state index contributed by atoms with van der Waals surface area (Å²) in [6, 6.07) is 7.28. The third kappa shape index (κ3) is 2.19. The molecule has 0 bridgehead atoms. The molecule has 16 heavy (non-hydrogen) atoms. The average molecular weight is 223 g/mol. The molecule has 2 N–H and O–H groups in total. The summed E-state index contributed by atoms with van der Waals surface area (Å²) in [7, 11) is 0. The summed E-state index contributed by atoms with van der Waals surface area (Å²) in [4.78, 5) is 0. The summed E-state index contributed by atoms with van der Waals surface area (Å²) in [5.74, 6) is 0.804. The lowest BCUT2D eigenvalue weighted by molar-refractivity contribution is 0.0405. The maximum Gasteiger partial charge on any atom is 0.139 e. The van der Waals surface area contributed by atoms with Crippen LogP contribution in [0.4, 0.5) is 4.39 Å². The van der Waals surface area contributed by atoms with Crippen molar-refractivity contribution in [1.82, 2.24) is 0 Å². The Morgan fingerprint density at radius 1 is 1.38 bits per heavy atom. The average Bonchev–Trinajstić information content (AvgIpc) is 2.25. The highest BCUT2D eigenvalue weighted by Crippen LogP contribution is 2.44. The van der Waals surface area contributed by atoms with E-state index in [1.54, 1.807) is 12.1 Å². The summed E-state index contributed by atoms with van der Waals surface area (Å²) in [5.41, 5.74) is 5.14. The standard InChI is InChI=1S/C13H18FNO/c1-2-7-16-12-5-3-10(4-6-12)13(14)8-11(15)9-13/h3-6,11H,2,7-9,15H2,1H3. The Balaban J connectivity index is 2.02. The molecule has 88 valence electrons. The molecular weight excluding hydrogens is 205 g/mol. The predicted molar refractivity (Wildman–Crippen MR) is 62.2 cm³/mol. The summed E-state index contributed by atoms with van der Waals surface area (Å²) in [6.07, 6.45) is 1.84. The van der Waals surface area contributed by atoms with E-state index in [2.05, 4.69) is 6.92 Å². The molecule has 1 aromatic rings. The fraction of sp³-hybridized carbons (Fsp3) is 0.538. The Morgan fingerprint density at radius 2 is 2.00 bits per heavy atom. The lowest BCUT2D eigenvalue weighted by atomic mass is 9.73. The number of hydrogen-bond donors (Lipinski definition) is 1. The summed E-state index contributed by atoms with van der Waals surface area (Å²) in [5, 5.41) is 0. The third-order valence-corrected chi connectivity index (χ3v) is 3.02. The van der Waals surface area contributed by atoms with E-state index < -0.39 is 5.67 Å². The fourth-order valence-corrected chi connectivity index (χ4v) is 2.08. The van der Waals surface area contributed by atoms with Gasteiger partial charge in [0.1, 0.15) is 11.4 Å². The molecule has 3 heteroatoms. The van der Waals surface area contributed by atoms with Gasteiger partial charge in [0.05, 0.1) is 6.61 Å². The fourth-order valence-electron chi connectivity index (χ4n) is 2.08. The maximum atomic E-state index is 14.2. The van der Waals surface area contributed by atoms with Gasteiger partial charge in [-0.3, -0.25) is 0 Å². The van der Waals surface area contributed by atoms with Gasteiger partial charge in [-0.15, -0.1) is 0 Å². The lowest BCUT2D eigenvalue weighted by Crippen LogP contribution is -2.46. The Labute approximate surface area is 95.6 Å². The largest absolute Gasteiger partial charge is 0.494 e. The van der Waals surface area contributed by atoms with Crippen molar-refractivity contribution in [2.75, 3.05) is 6.61 Å². The van der Waals surface area contributed by atoms with Crippen LogP contribution in [0, 0.1) is 0 Å². The summed E-state index contributed by atoms with van der Waals surface area (Å²) < 4.78 is 19.6. The highest BCUT2D eigenvalue weighted by atomic mass is 19.1. The van der Waals surface area contributed by atoms with Crippen LogP contribution in [0.25, 0.3) is 0 Å². The van der Waals surface area contributed by atoms with Crippen LogP contribution in [0.5, 0.6) is 5.75 Å². The van der Waals surface area contributed by atoms with Gasteiger partial charge in [-0.05, 0) is 24.1 Å². The van der Waals surface area contributed by atoms with Gasteiger partial charge in [-0.25, -0.2) is 4.39 Å². The minimum absolute atomic E-state index is 0.0148. The van der Waals surface area contributed by atoms with Crippen molar-refractivity contribution >= 4 is 0 Å². The molecule has 0 aliphatic heterocycles. The zero-order chi connectivity index (χ0) is 11.6. The van der Waals surface area contributed by atoms with Crippen LogP contribution in [0.2, 0.25) is 0 Å². The van der Waals surface area contributed by atoms with Gasteiger partial charge < -0.3 is 10.5 Å². The summed E-state index contributed by atoms with van der Waals surface area (Å²) >= 11 is 0. The molecule has 1 aliphatic carbocycles. The van der Waals surface area contributed by atoms with Crippen molar-refractivity contribution in [1.29, 1.82) is 0 Å². The van der Waals surface area contributed by atoms with Crippen LogP contribution >= 0.6 is 0 Å². The van der Waals surface area contributed by atoms with E-state index in [-0.39, 0.29) is 6.04 Å². The van der Waals surface area contributed by atoms with Crippen molar-refractivity contribution < 1.29 is 9.13 Å². The Kier molecular flexibility index (Phi) is 3.15. The van der Waals surface area contributed by atoms with E-state index in [0.29, 0.717) is 19.4 Å². The first-order chi connectivity index (χ1) is 7.64. The van der Waals surface area contributed by atoms with Crippen molar-refractivity contribution in [3.63, 3.8) is 0 Å². The van der Waals surface area contributed by atoms with Gasteiger partial charge in [0.2, 0.25) is 0 Å². The number of nitrogens with two attached hydrogens (primary N) is 1. The van der Waals surface area contributed by atoms with Crippen LogP contribution in [0.3, 0.4) is 0 Å². The predicted octanol–water partition coefficient (Wildman–Crippen LogP) is 2.76. The van der Waals surface area contributed by atoms with Crippen LogP contribution in [0.1, 0.15) is 31.7 Å². The number of benzene rings is 1. The van der Waals surface area contributed by atoms with E-state index >= 15 is 0 Å². The third-order valence-electron chi connectivity index (χ3n) is 3.02. The highest BCUT2D eigenvalue weighted by molar-refractivity contribution is 5.33. The molecule has 0 radical (unpaired) electrons. The topological polar surface area (TPSA) is 35.2 Å². The molecule has 0 aromatic heterocycles. The zero-order valence-corrected chi connectivity index (χ0v) is 9.58. The first kappa shape index (κ1) is 11.4. The van der Waals surface area contributed by atoms with Gasteiger partial charge in [0, 0.05) is 18.9 Å². The first-order valence-corrected chi connectivity index (χ1v) is 5.82. The van der Waals surface area contributed by atoms with Gasteiger partial charge in [0.15, 0.2) is 0 Å². The molecule has 2 rings (SSSR count). The maximum absolute atomic E-state index is 14.2. The molecule has 1 aliphatic rings. The molecule has 0 unspecified atom stereocenters. The molecule has 0 heterocycles. The highest BCUT2D eigenvalue weighted by Gasteiger charge is 2.44. The second-order valence-electron chi connectivity index (χ2n) is 4.51. The van der Waals surface area contributed by atoms with Crippen molar-refractivity contribution in [3.05, 3.63) is 29.8 Å². The second kappa shape index (κ2) is 4.42. The minimum atomic E-state index is -1.21. The summed E-state index contributed by atoms with van der Waals surface area (Å²) in [6.45, 7) is 2.76. The number of alkyl halides is 1. The van der Waals surface area contributed by atoms with Crippen LogP contribution < -0.4 is 10.5 Å². The monoisotopic (exact) mass is 223 g/mol. The van der Waals surface area contributed by atoms with Crippen molar-refractivity contribution in [2.24, 2.45) is 5.73 Å². The van der Waals surface area contributed by atoms with E-state index in [1.165, 1.54) is 0 Å². The molecule has 1 fully saturated rings. The smallest absolute Gasteiger partial charge is 0.139 e. The van der Waals surface area contributed by atoms with Crippen LogP contribution in [-0.4, -0.2) is 12.6 Å². The lowest BCUT2D eigenvalue weighted by Gasteiger charge is -2.39. The van der Waals surface area contributed by atoms with Crippen molar-refractivity contribution in [3.8, 4) is 5.75 Å². The Bertz CT molecular complexity index is 343. The van der Waals surface area contributed by atoms with Gasteiger partial charge in [-0.1, -0.05) is 19.1 Å². The molecule has 1 aromatic carbocycles. The van der Waals surface area contributed by atoms with Crippen LogP contribution in [-0.2, 0) is 5.67 Å². The second-order valence-corrected chi connectivity index (χ2v) is 4.51. The molecular formula is C13H18FNO. The van der Waals surface area contributed by atoms with Crippen LogP contribution in [0.15, 0.2) is 24.3 Å². The SMILES string of the molecule is CCCOc1ccc(C2(F)CC(N)C2)cc1. The molecule has 0 saturated heterocycles. The Hall–Kier alpha value is -1.09. The Morgan fingerprint density at radius 3 is 2.50 bits per heavy atom. The van der Waals surface area contributed by atoms with Crippen molar-refractivity contribution in [2.45, 2.75) is 37.9 Å². The van der Waals surface area contributed by atoms with Gasteiger partial charge in [0.25, 0.3) is 0 Å². The number of ether oxygens (including phenoxy) is 1. The van der Waals surface area contributed by atoms with E-state index in [4.69, 9.17) is 10.5 Å².